The Kier molecular flexibility index (Phi) is 9.18. The van der Waals surface area contributed by atoms with Crippen molar-refractivity contribution in [3.63, 3.8) is 0 Å². The molecule has 12 nitrogen and oxygen atoms in total. The van der Waals surface area contributed by atoms with Gasteiger partial charge in [-0.3, -0.25) is 30.9 Å². The molecule has 0 bridgehead atoms. The molecule has 2 N–H and O–H groups in total. The van der Waals surface area contributed by atoms with E-state index < -0.39 is 22.0 Å². The summed E-state index contributed by atoms with van der Waals surface area (Å²) in [5.41, 5.74) is 4.27. The monoisotopic (exact) mass is 556 g/mol. The maximum absolute atomic E-state index is 12.1. The van der Waals surface area contributed by atoms with Crippen LogP contribution in [0, 0.1) is 20.2 Å². The molecule has 0 saturated carbocycles. The zero-order valence-electron chi connectivity index (χ0n) is 21.5. The molecular weight excluding hydrogens is 532 g/mol. The van der Waals surface area contributed by atoms with Crippen molar-refractivity contribution < 1.29 is 28.9 Å². The van der Waals surface area contributed by atoms with Gasteiger partial charge in [-0.15, -0.1) is 0 Å². The Morgan fingerprint density at radius 3 is 1.17 bits per heavy atom. The van der Waals surface area contributed by atoms with E-state index in [0.717, 1.165) is 11.1 Å². The van der Waals surface area contributed by atoms with Gasteiger partial charge in [0.25, 0.3) is 11.4 Å². The van der Waals surface area contributed by atoms with Crippen LogP contribution in [0.2, 0.25) is 0 Å². The van der Waals surface area contributed by atoms with E-state index >= 15 is 0 Å². The van der Waals surface area contributed by atoms with Crippen LogP contribution in [0.4, 0.5) is 32.3 Å². The molecule has 0 unspecified atom stereocenters. The molecule has 41 heavy (non-hydrogen) atoms. The maximum atomic E-state index is 12.1. The number of nitro benzene ring substituents is 2. The largest absolute Gasteiger partial charge is 0.444 e. The van der Waals surface area contributed by atoms with Crippen LogP contribution in [0.3, 0.4) is 0 Å². The van der Waals surface area contributed by atoms with E-state index in [-0.39, 0.29) is 24.6 Å². The Hall–Kier alpha value is -5.78. The van der Waals surface area contributed by atoms with E-state index in [2.05, 4.69) is 10.6 Å². The number of carbonyl (C=O) groups excluding carboxylic acids is 2. The molecular formula is C29H24N4O8. The summed E-state index contributed by atoms with van der Waals surface area (Å²) in [6.45, 7) is -0.0471. The quantitative estimate of drug-likeness (QED) is 0.163. The number of nitro groups is 2. The number of anilines is 2. The van der Waals surface area contributed by atoms with E-state index in [4.69, 9.17) is 9.47 Å². The summed E-state index contributed by atoms with van der Waals surface area (Å²) in [6.07, 6.45) is -0.675. The second kappa shape index (κ2) is 13.3. The first-order valence-corrected chi connectivity index (χ1v) is 12.3. The lowest BCUT2D eigenvalue weighted by Gasteiger charge is -2.09. The number of benzene rings is 4. The number of amides is 2. The first-order valence-electron chi connectivity index (χ1n) is 12.3. The third-order valence-corrected chi connectivity index (χ3v) is 5.84. The molecule has 4 rings (SSSR count). The zero-order chi connectivity index (χ0) is 29.2. The third-order valence-electron chi connectivity index (χ3n) is 5.84. The molecule has 0 atom stereocenters. The van der Waals surface area contributed by atoms with Crippen LogP contribution in [0.25, 0.3) is 0 Å². The van der Waals surface area contributed by atoms with E-state index in [1.165, 1.54) is 48.5 Å². The number of nitrogens with zero attached hydrogens (tertiary/aromatic N) is 2. The third kappa shape index (κ3) is 8.61. The molecule has 0 aliphatic heterocycles. The highest BCUT2D eigenvalue weighted by molar-refractivity contribution is 5.85. The summed E-state index contributed by atoms with van der Waals surface area (Å²) < 4.78 is 10.3. The van der Waals surface area contributed by atoms with Gasteiger partial charge in [-0.25, -0.2) is 9.59 Å². The second-order valence-corrected chi connectivity index (χ2v) is 8.82. The number of nitrogens with one attached hydrogen (secondary N) is 2. The molecule has 0 heterocycles. The fourth-order valence-corrected chi connectivity index (χ4v) is 3.68. The average Bonchev–Trinajstić information content (AvgIpc) is 2.97. The van der Waals surface area contributed by atoms with Gasteiger partial charge < -0.3 is 9.47 Å². The molecule has 0 radical (unpaired) electrons. The lowest BCUT2D eigenvalue weighted by molar-refractivity contribution is -0.385. The van der Waals surface area contributed by atoms with Crippen molar-refractivity contribution in [3.8, 4) is 0 Å². The van der Waals surface area contributed by atoms with Crippen molar-refractivity contribution >= 4 is 34.9 Å². The average molecular weight is 557 g/mol. The molecule has 0 fully saturated rings. The van der Waals surface area contributed by atoms with Crippen LogP contribution in [-0.4, -0.2) is 22.0 Å². The zero-order valence-corrected chi connectivity index (χ0v) is 21.5. The molecule has 0 aliphatic rings. The smallest absolute Gasteiger partial charge is 0.411 e. The van der Waals surface area contributed by atoms with E-state index in [0.29, 0.717) is 28.9 Å². The highest BCUT2D eigenvalue weighted by Crippen LogP contribution is 2.18. The Balaban J connectivity index is 1.20. The van der Waals surface area contributed by atoms with Crippen LogP contribution < -0.4 is 10.6 Å². The lowest BCUT2D eigenvalue weighted by atomic mass is 10.0. The van der Waals surface area contributed by atoms with Crippen molar-refractivity contribution in [2.24, 2.45) is 0 Å². The van der Waals surface area contributed by atoms with Gasteiger partial charge in [-0.2, -0.15) is 0 Å². The Labute approximate surface area is 233 Å². The first kappa shape index (κ1) is 28.2. The van der Waals surface area contributed by atoms with Crippen molar-refractivity contribution in [1.82, 2.24) is 0 Å². The molecule has 2 amide bonds. The summed E-state index contributed by atoms with van der Waals surface area (Å²) in [7, 11) is 0. The summed E-state index contributed by atoms with van der Waals surface area (Å²) in [4.78, 5) is 44.6. The Morgan fingerprint density at radius 2 is 0.854 bits per heavy atom. The van der Waals surface area contributed by atoms with Crippen molar-refractivity contribution in [1.29, 1.82) is 0 Å². The van der Waals surface area contributed by atoms with Crippen LogP contribution in [0.15, 0.2) is 97.1 Å². The summed E-state index contributed by atoms with van der Waals surface area (Å²) >= 11 is 0. The summed E-state index contributed by atoms with van der Waals surface area (Å²) in [6, 6.07) is 26.0. The number of non-ortho nitro benzene ring substituents is 2. The van der Waals surface area contributed by atoms with Gasteiger partial charge in [0.05, 0.1) is 9.85 Å². The van der Waals surface area contributed by atoms with Gasteiger partial charge >= 0.3 is 12.2 Å². The maximum Gasteiger partial charge on any atom is 0.411 e. The van der Waals surface area contributed by atoms with Gasteiger partial charge in [-0.05, 0) is 77.2 Å². The normalized spacial score (nSPS) is 10.3. The topological polar surface area (TPSA) is 163 Å². The van der Waals surface area contributed by atoms with Crippen molar-refractivity contribution in [2.75, 3.05) is 10.6 Å². The predicted molar refractivity (Wildman–Crippen MR) is 149 cm³/mol. The molecule has 12 heteroatoms. The lowest BCUT2D eigenvalue weighted by Crippen LogP contribution is -2.13. The highest BCUT2D eigenvalue weighted by atomic mass is 16.6. The van der Waals surface area contributed by atoms with Crippen LogP contribution in [0.1, 0.15) is 22.3 Å². The van der Waals surface area contributed by atoms with E-state index in [9.17, 15) is 29.8 Å². The molecule has 0 aliphatic carbocycles. The molecule has 0 aromatic heterocycles. The molecule has 4 aromatic rings. The second-order valence-electron chi connectivity index (χ2n) is 8.82. The number of hydrogen-bond acceptors (Lipinski definition) is 8. The van der Waals surface area contributed by atoms with Gasteiger partial charge in [0.2, 0.25) is 0 Å². The molecule has 0 spiro atoms. The van der Waals surface area contributed by atoms with E-state index in [1.807, 2.05) is 24.3 Å². The number of ether oxygens (including phenoxy) is 2. The number of rotatable bonds is 10. The molecule has 208 valence electrons. The van der Waals surface area contributed by atoms with E-state index in [1.54, 1.807) is 24.3 Å². The van der Waals surface area contributed by atoms with Crippen LogP contribution in [0.5, 0.6) is 0 Å². The Morgan fingerprint density at radius 1 is 0.537 bits per heavy atom. The van der Waals surface area contributed by atoms with Gasteiger partial charge in [-0.1, -0.05) is 24.3 Å². The highest BCUT2D eigenvalue weighted by Gasteiger charge is 2.09. The van der Waals surface area contributed by atoms with Crippen molar-refractivity contribution in [3.05, 3.63) is 140 Å². The Bertz CT molecular complexity index is 1400. The SMILES string of the molecule is O=C(Nc1ccc(Cc2ccc(NC(=O)OCc3ccc([N+](=O)[O-])cc3)cc2)cc1)OCc1ccc([N+](=O)[O-])cc1. The van der Waals surface area contributed by atoms with Crippen molar-refractivity contribution in [2.45, 2.75) is 19.6 Å². The van der Waals surface area contributed by atoms with Gasteiger partial charge in [0, 0.05) is 35.6 Å². The minimum absolute atomic E-state index is 0.0235. The van der Waals surface area contributed by atoms with Gasteiger partial charge in [0.15, 0.2) is 0 Å². The number of hydrogen-bond donors (Lipinski definition) is 2. The van der Waals surface area contributed by atoms with Crippen LogP contribution in [-0.2, 0) is 29.1 Å². The number of carbonyl (C=O) groups is 2. The predicted octanol–water partition coefficient (Wildman–Crippen LogP) is 6.59. The fraction of sp³-hybridized carbons (Fsp3) is 0.103. The summed E-state index contributed by atoms with van der Waals surface area (Å²) in [5.74, 6) is 0. The first-order chi connectivity index (χ1) is 19.7. The standard InChI is InChI=1S/C29H24N4O8/c34-28(40-18-22-5-13-26(14-6-22)32(36)37)30-24-9-1-20(2-10-24)17-21-3-11-25(12-4-21)31-29(35)41-19-23-7-15-27(16-8-23)33(38)39/h1-16H,17-19H2,(H,30,34)(H,31,35). The minimum Gasteiger partial charge on any atom is -0.444 e. The van der Waals surface area contributed by atoms with Gasteiger partial charge in [0.1, 0.15) is 13.2 Å². The summed E-state index contributed by atoms with van der Waals surface area (Å²) in [5, 5.41) is 26.7. The minimum atomic E-state index is -0.648. The van der Waals surface area contributed by atoms with Crippen LogP contribution >= 0.6 is 0 Å². The fourth-order valence-electron chi connectivity index (χ4n) is 3.68. The molecule has 0 saturated heterocycles. The molecule has 4 aromatic carbocycles.